The van der Waals surface area contributed by atoms with Crippen LogP contribution < -0.4 is 5.90 Å². The van der Waals surface area contributed by atoms with Gasteiger partial charge in [-0.25, -0.2) is 5.90 Å². The molecule has 6 heteroatoms. The van der Waals surface area contributed by atoms with Crippen molar-refractivity contribution in [3.63, 3.8) is 0 Å². The molecule has 3 N–H and O–H groups in total. The van der Waals surface area contributed by atoms with Gasteiger partial charge in [-0.1, -0.05) is 5.16 Å². The van der Waals surface area contributed by atoms with Crippen LogP contribution in [0.1, 0.15) is 5.89 Å². The van der Waals surface area contributed by atoms with E-state index in [2.05, 4.69) is 20.0 Å². The molecule has 6 nitrogen and oxygen atoms in total. The lowest BCUT2D eigenvalue weighted by Crippen LogP contribution is -1.98. The number of nitrogens with two attached hydrogens (primary N) is 1. The molecule has 13 heavy (non-hydrogen) atoms. The maximum Gasteiger partial charge on any atom is 0.255 e. The molecule has 2 rings (SSSR count). The fraction of sp³-hybridized carbons (Fsp3) is 0.143. The van der Waals surface area contributed by atoms with E-state index in [0.717, 1.165) is 5.69 Å². The summed E-state index contributed by atoms with van der Waals surface area (Å²) in [4.78, 5) is 11.3. The minimum atomic E-state index is 0.119. The lowest BCUT2D eigenvalue weighted by molar-refractivity contribution is 0.0996. The number of hydrogen-bond acceptors (Lipinski definition) is 5. The summed E-state index contributed by atoms with van der Waals surface area (Å²) in [6, 6.07) is 3.70. The van der Waals surface area contributed by atoms with Gasteiger partial charge in [-0.3, -0.25) is 4.84 Å². The van der Waals surface area contributed by atoms with Crippen LogP contribution in [0.15, 0.2) is 22.9 Å². The summed E-state index contributed by atoms with van der Waals surface area (Å²) in [5, 5.41) is 3.72. The molecule has 0 bridgehead atoms. The topological polar surface area (TPSA) is 90.0 Å². The second-order valence-corrected chi connectivity index (χ2v) is 2.41. The second-order valence-electron chi connectivity index (χ2n) is 2.41. The van der Waals surface area contributed by atoms with Crippen LogP contribution in [-0.2, 0) is 11.4 Å². The zero-order valence-corrected chi connectivity index (χ0v) is 6.73. The first-order valence-electron chi connectivity index (χ1n) is 3.68. The number of nitrogens with one attached hydrogen (secondary N) is 1. The van der Waals surface area contributed by atoms with E-state index in [0.29, 0.717) is 11.7 Å². The van der Waals surface area contributed by atoms with E-state index in [1.807, 2.05) is 12.1 Å². The maximum atomic E-state index is 4.85. The molecule has 0 atom stereocenters. The van der Waals surface area contributed by atoms with E-state index in [4.69, 9.17) is 10.4 Å². The van der Waals surface area contributed by atoms with Gasteiger partial charge < -0.3 is 9.51 Å². The predicted molar refractivity (Wildman–Crippen MR) is 43.1 cm³/mol. The molecule has 0 radical (unpaired) electrons. The molecule has 0 spiro atoms. The summed E-state index contributed by atoms with van der Waals surface area (Å²) < 4.78 is 4.84. The van der Waals surface area contributed by atoms with Gasteiger partial charge in [0.25, 0.3) is 5.89 Å². The number of nitrogens with zero attached hydrogens (tertiary/aromatic N) is 2. The van der Waals surface area contributed by atoms with Crippen molar-refractivity contribution in [2.75, 3.05) is 0 Å². The van der Waals surface area contributed by atoms with Crippen LogP contribution in [0, 0.1) is 0 Å². The first kappa shape index (κ1) is 7.96. The minimum absolute atomic E-state index is 0.119. The smallest absolute Gasteiger partial charge is 0.255 e. The van der Waals surface area contributed by atoms with Gasteiger partial charge in [0.1, 0.15) is 6.61 Å². The van der Waals surface area contributed by atoms with Gasteiger partial charge in [0, 0.05) is 6.20 Å². The molecule has 0 aliphatic rings. The van der Waals surface area contributed by atoms with Crippen LogP contribution in [-0.4, -0.2) is 15.1 Å². The first-order chi connectivity index (χ1) is 6.40. The van der Waals surface area contributed by atoms with Gasteiger partial charge in [0.2, 0.25) is 5.82 Å². The molecule has 0 saturated carbocycles. The molecule has 0 unspecified atom stereocenters. The van der Waals surface area contributed by atoms with E-state index < -0.39 is 0 Å². The third kappa shape index (κ3) is 1.58. The standard InChI is InChI=1S/C7H8N4O2/c8-12-4-6-10-7(11-13-6)5-2-1-3-9-5/h1-3,9H,4,8H2. The Bertz CT molecular complexity index is 368. The van der Waals surface area contributed by atoms with Crippen LogP contribution in [0.3, 0.4) is 0 Å². The monoisotopic (exact) mass is 180 g/mol. The molecular weight excluding hydrogens is 172 g/mol. The SMILES string of the molecule is NOCc1nc(-c2ccc[nH]2)no1. The Kier molecular flexibility index (Phi) is 2.07. The van der Waals surface area contributed by atoms with Crippen LogP contribution >= 0.6 is 0 Å². The molecule has 0 fully saturated rings. The van der Waals surface area contributed by atoms with Crippen molar-refractivity contribution in [2.24, 2.45) is 5.90 Å². The molecule has 0 aliphatic heterocycles. The van der Waals surface area contributed by atoms with Gasteiger partial charge in [0.05, 0.1) is 5.69 Å². The summed E-state index contributed by atoms with van der Waals surface area (Å²) >= 11 is 0. The summed E-state index contributed by atoms with van der Waals surface area (Å²) in [7, 11) is 0. The van der Waals surface area contributed by atoms with Gasteiger partial charge >= 0.3 is 0 Å². The van der Waals surface area contributed by atoms with E-state index in [-0.39, 0.29) is 6.61 Å². The quantitative estimate of drug-likeness (QED) is 0.669. The van der Waals surface area contributed by atoms with E-state index >= 15 is 0 Å². The van der Waals surface area contributed by atoms with Crippen molar-refractivity contribution >= 4 is 0 Å². The number of aromatic nitrogens is 3. The van der Waals surface area contributed by atoms with Crippen LogP contribution in [0.2, 0.25) is 0 Å². The predicted octanol–water partition coefficient (Wildman–Crippen LogP) is 0.455. The average Bonchev–Trinajstić information content (AvgIpc) is 2.70. The largest absolute Gasteiger partial charge is 0.359 e. The first-order valence-corrected chi connectivity index (χ1v) is 3.68. The minimum Gasteiger partial charge on any atom is -0.359 e. The highest BCUT2D eigenvalue weighted by atomic mass is 16.6. The lowest BCUT2D eigenvalue weighted by atomic mass is 10.4. The van der Waals surface area contributed by atoms with Crippen molar-refractivity contribution in [3.8, 4) is 11.5 Å². The van der Waals surface area contributed by atoms with Gasteiger partial charge in [-0.05, 0) is 12.1 Å². The fourth-order valence-electron chi connectivity index (χ4n) is 0.964. The zero-order valence-electron chi connectivity index (χ0n) is 6.73. The Morgan fingerprint density at radius 3 is 3.23 bits per heavy atom. The molecule has 0 amide bonds. The van der Waals surface area contributed by atoms with E-state index in [1.165, 1.54) is 0 Å². The summed E-state index contributed by atoms with van der Waals surface area (Å²) in [6.07, 6.45) is 1.78. The highest BCUT2D eigenvalue weighted by molar-refractivity contribution is 5.47. The normalized spacial score (nSPS) is 10.5. The third-order valence-corrected chi connectivity index (χ3v) is 1.51. The van der Waals surface area contributed by atoms with Crippen molar-refractivity contribution in [3.05, 3.63) is 24.2 Å². The maximum absolute atomic E-state index is 4.85. The number of H-pyrrole nitrogens is 1. The molecule has 2 aromatic rings. The van der Waals surface area contributed by atoms with Gasteiger partial charge in [-0.2, -0.15) is 4.98 Å². The van der Waals surface area contributed by atoms with E-state index in [9.17, 15) is 0 Å². The molecule has 0 saturated heterocycles. The Morgan fingerprint density at radius 1 is 1.62 bits per heavy atom. The van der Waals surface area contributed by atoms with Gasteiger partial charge in [0.15, 0.2) is 0 Å². The highest BCUT2D eigenvalue weighted by Crippen LogP contribution is 2.12. The van der Waals surface area contributed by atoms with Gasteiger partial charge in [-0.15, -0.1) is 0 Å². The zero-order chi connectivity index (χ0) is 9.10. The lowest BCUT2D eigenvalue weighted by Gasteiger charge is -1.86. The summed E-state index contributed by atoms with van der Waals surface area (Å²) in [6.45, 7) is 0.119. The molecule has 0 aromatic carbocycles. The number of hydrogen-bond donors (Lipinski definition) is 2. The highest BCUT2D eigenvalue weighted by Gasteiger charge is 2.07. The van der Waals surface area contributed by atoms with Crippen molar-refractivity contribution in [1.29, 1.82) is 0 Å². The van der Waals surface area contributed by atoms with Crippen molar-refractivity contribution < 1.29 is 9.36 Å². The van der Waals surface area contributed by atoms with Crippen LogP contribution in [0.25, 0.3) is 11.5 Å². The summed E-state index contributed by atoms with van der Waals surface area (Å²) in [5.74, 6) is 5.70. The molecule has 2 heterocycles. The van der Waals surface area contributed by atoms with Crippen molar-refractivity contribution in [2.45, 2.75) is 6.61 Å². The Morgan fingerprint density at radius 2 is 2.54 bits per heavy atom. The molecule has 0 aliphatic carbocycles. The Labute approximate surface area is 73.7 Å². The van der Waals surface area contributed by atoms with Crippen molar-refractivity contribution in [1.82, 2.24) is 15.1 Å². The fourth-order valence-corrected chi connectivity index (χ4v) is 0.964. The van der Waals surface area contributed by atoms with Crippen LogP contribution in [0.5, 0.6) is 0 Å². The number of aromatic amines is 1. The Balaban J connectivity index is 2.23. The average molecular weight is 180 g/mol. The second kappa shape index (κ2) is 3.38. The Hall–Kier alpha value is -1.66. The molecule has 2 aromatic heterocycles. The number of rotatable bonds is 3. The van der Waals surface area contributed by atoms with E-state index in [1.54, 1.807) is 6.20 Å². The molecular formula is C7H8N4O2. The molecule has 68 valence electrons. The van der Waals surface area contributed by atoms with Crippen LogP contribution in [0.4, 0.5) is 0 Å². The third-order valence-electron chi connectivity index (χ3n) is 1.51. The summed E-state index contributed by atoms with van der Waals surface area (Å²) in [5.41, 5.74) is 0.798.